The second-order valence-corrected chi connectivity index (χ2v) is 3.73. The van der Waals surface area contributed by atoms with Gasteiger partial charge in [0.1, 0.15) is 0 Å². The first-order valence-electron chi connectivity index (χ1n) is 4.90. The zero-order chi connectivity index (χ0) is 9.54. The third-order valence-corrected chi connectivity index (χ3v) is 2.84. The van der Waals surface area contributed by atoms with E-state index < -0.39 is 0 Å². The summed E-state index contributed by atoms with van der Waals surface area (Å²) in [5, 5.41) is 0. The summed E-state index contributed by atoms with van der Waals surface area (Å²) in [7, 11) is 0. The predicted molar refractivity (Wildman–Crippen MR) is 59.1 cm³/mol. The molecule has 0 aromatic carbocycles. The van der Waals surface area contributed by atoms with Crippen molar-refractivity contribution in [1.29, 1.82) is 0 Å². The molecule has 0 amide bonds. The molecular formula is C13H11Cl2NZr. The third kappa shape index (κ3) is 2.81. The molecule has 3 rings (SSSR count). The molecule has 0 spiro atoms. The van der Waals surface area contributed by atoms with E-state index in [-0.39, 0.29) is 51.0 Å². The van der Waals surface area contributed by atoms with Crippen LogP contribution in [-0.4, -0.2) is 5.71 Å². The molecule has 0 saturated heterocycles. The van der Waals surface area contributed by atoms with Crippen molar-refractivity contribution in [3.8, 4) is 0 Å². The maximum atomic E-state index is 4.55. The van der Waals surface area contributed by atoms with E-state index in [4.69, 9.17) is 0 Å². The first-order chi connectivity index (χ1) is 6.86. The Labute approximate surface area is 133 Å². The Morgan fingerprint density at radius 2 is 1.71 bits per heavy atom. The molecule has 1 aliphatic heterocycles. The third-order valence-electron chi connectivity index (χ3n) is 2.84. The largest absolute Gasteiger partial charge is 2.00 e. The van der Waals surface area contributed by atoms with E-state index in [1.54, 1.807) is 0 Å². The predicted octanol–water partition coefficient (Wildman–Crippen LogP) is -3.04. The van der Waals surface area contributed by atoms with E-state index in [1.165, 1.54) is 11.1 Å². The fraction of sp³-hybridized carbons (Fsp3) is 0.154. The van der Waals surface area contributed by atoms with Gasteiger partial charge in [0.25, 0.3) is 0 Å². The van der Waals surface area contributed by atoms with Gasteiger partial charge in [0.05, 0.1) is 5.71 Å². The maximum Gasteiger partial charge on any atom is 2.00 e. The topological polar surface area (TPSA) is 12.4 Å². The van der Waals surface area contributed by atoms with Crippen LogP contribution in [0.15, 0.2) is 64.4 Å². The molecule has 1 heterocycles. The molecule has 0 fully saturated rings. The average Bonchev–Trinajstić information content (AvgIpc) is 2.78. The zero-order valence-corrected chi connectivity index (χ0v) is 13.3. The van der Waals surface area contributed by atoms with E-state index in [2.05, 4.69) is 54.4 Å². The standard InChI is InChI=1S/C13H11N.2ClH.Zr/c1-9-13(10-5-2-3-6-10)11-7-4-8-12(11)14-9;;;/h2-8,10H,1H3;2*1H;/q;;;+2/p-2. The van der Waals surface area contributed by atoms with Crippen LogP contribution in [0.5, 0.6) is 0 Å². The molecule has 0 atom stereocenters. The zero-order valence-electron chi connectivity index (χ0n) is 9.32. The fourth-order valence-corrected chi connectivity index (χ4v) is 2.22. The van der Waals surface area contributed by atoms with Crippen molar-refractivity contribution in [3.05, 3.63) is 59.4 Å². The second-order valence-electron chi connectivity index (χ2n) is 3.73. The number of allylic oxidation sites excluding steroid dienone is 10. The molecule has 17 heavy (non-hydrogen) atoms. The van der Waals surface area contributed by atoms with Gasteiger partial charge in [0, 0.05) is 17.2 Å². The summed E-state index contributed by atoms with van der Waals surface area (Å²) in [4.78, 5) is 4.55. The molecule has 0 aromatic heterocycles. The van der Waals surface area contributed by atoms with Crippen LogP contribution in [0.2, 0.25) is 0 Å². The van der Waals surface area contributed by atoms with Gasteiger partial charge in [-0.3, -0.25) is 4.99 Å². The van der Waals surface area contributed by atoms with Crippen LogP contribution in [-0.2, 0) is 26.2 Å². The van der Waals surface area contributed by atoms with Crippen LogP contribution in [0, 0.1) is 5.92 Å². The molecule has 0 saturated carbocycles. The molecule has 0 N–H and O–H groups in total. The minimum atomic E-state index is 0. The first kappa shape index (κ1) is 16.8. The summed E-state index contributed by atoms with van der Waals surface area (Å²) in [6.07, 6.45) is 15.0. The number of nitrogens with zero attached hydrogens (tertiary/aromatic N) is 1. The summed E-state index contributed by atoms with van der Waals surface area (Å²) in [6.45, 7) is 2.09. The van der Waals surface area contributed by atoms with E-state index in [9.17, 15) is 0 Å². The summed E-state index contributed by atoms with van der Waals surface area (Å²) in [5.74, 6) is 0.433. The minimum absolute atomic E-state index is 0. The van der Waals surface area contributed by atoms with Crippen molar-refractivity contribution in [2.24, 2.45) is 10.9 Å². The first-order valence-corrected chi connectivity index (χ1v) is 4.90. The van der Waals surface area contributed by atoms with E-state index >= 15 is 0 Å². The van der Waals surface area contributed by atoms with Gasteiger partial charge in [-0.2, -0.15) is 0 Å². The Morgan fingerprint density at radius 1 is 1.06 bits per heavy atom. The molecule has 2 aliphatic carbocycles. The molecule has 1 nitrogen and oxygen atoms in total. The normalized spacial score (nSPS) is 19.4. The van der Waals surface area contributed by atoms with Gasteiger partial charge in [-0.1, -0.05) is 36.5 Å². The van der Waals surface area contributed by atoms with Crippen molar-refractivity contribution < 1.29 is 51.0 Å². The Hall–Kier alpha value is -0.167. The summed E-state index contributed by atoms with van der Waals surface area (Å²) >= 11 is 0. The molecule has 3 aliphatic rings. The number of aliphatic imine (C=N–C) groups is 1. The number of halogens is 2. The maximum absolute atomic E-state index is 4.55. The minimum Gasteiger partial charge on any atom is -1.00 e. The average molecular weight is 343 g/mol. The molecule has 0 unspecified atom stereocenters. The van der Waals surface area contributed by atoms with E-state index in [0.717, 1.165) is 11.4 Å². The van der Waals surface area contributed by atoms with Gasteiger partial charge >= 0.3 is 26.2 Å². The van der Waals surface area contributed by atoms with E-state index in [1.807, 2.05) is 0 Å². The summed E-state index contributed by atoms with van der Waals surface area (Å²) < 4.78 is 0. The van der Waals surface area contributed by atoms with Crippen molar-refractivity contribution in [2.75, 3.05) is 0 Å². The summed E-state index contributed by atoms with van der Waals surface area (Å²) in [6, 6.07) is 0. The van der Waals surface area contributed by atoms with Crippen LogP contribution < -0.4 is 24.8 Å². The molecule has 0 radical (unpaired) electrons. The quantitative estimate of drug-likeness (QED) is 0.480. The Bertz CT molecular complexity index is 470. The van der Waals surface area contributed by atoms with Gasteiger partial charge in [-0.05, 0) is 18.6 Å². The van der Waals surface area contributed by atoms with Crippen molar-refractivity contribution in [1.82, 2.24) is 0 Å². The fourth-order valence-electron chi connectivity index (χ4n) is 2.22. The van der Waals surface area contributed by atoms with Crippen LogP contribution in [0.1, 0.15) is 6.92 Å². The van der Waals surface area contributed by atoms with Gasteiger partial charge in [0.15, 0.2) is 0 Å². The second kappa shape index (κ2) is 6.68. The van der Waals surface area contributed by atoms with Gasteiger partial charge in [0.2, 0.25) is 0 Å². The number of hydrogen-bond acceptors (Lipinski definition) is 1. The summed E-state index contributed by atoms with van der Waals surface area (Å²) in [5.41, 5.74) is 4.97. The molecule has 0 aromatic rings. The Balaban J connectivity index is 0.000000853. The van der Waals surface area contributed by atoms with Crippen LogP contribution in [0.25, 0.3) is 0 Å². The monoisotopic (exact) mass is 341 g/mol. The van der Waals surface area contributed by atoms with Gasteiger partial charge in [-0.15, -0.1) is 0 Å². The molecule has 4 heteroatoms. The molecular weight excluding hydrogens is 332 g/mol. The number of rotatable bonds is 1. The van der Waals surface area contributed by atoms with Crippen molar-refractivity contribution >= 4 is 5.71 Å². The SMILES string of the molecule is CC1=C(C2C=CC=C2)C2=CC=CC2=N1.[Cl-].[Cl-].[Zr+2]. The van der Waals surface area contributed by atoms with Crippen LogP contribution >= 0.6 is 0 Å². The van der Waals surface area contributed by atoms with Crippen molar-refractivity contribution in [2.45, 2.75) is 6.92 Å². The van der Waals surface area contributed by atoms with Crippen LogP contribution in [0.3, 0.4) is 0 Å². The van der Waals surface area contributed by atoms with Gasteiger partial charge in [-0.25, -0.2) is 0 Å². The molecule has 0 bridgehead atoms. The van der Waals surface area contributed by atoms with Gasteiger partial charge < -0.3 is 24.8 Å². The molecule has 86 valence electrons. The number of hydrogen-bond donors (Lipinski definition) is 0. The Kier molecular flexibility index (Phi) is 6.62. The number of fused-ring (bicyclic) bond motifs is 1. The van der Waals surface area contributed by atoms with E-state index in [0.29, 0.717) is 5.92 Å². The van der Waals surface area contributed by atoms with Crippen molar-refractivity contribution in [3.63, 3.8) is 0 Å². The van der Waals surface area contributed by atoms with Crippen LogP contribution in [0.4, 0.5) is 0 Å². The Morgan fingerprint density at radius 3 is 2.35 bits per heavy atom. The smallest absolute Gasteiger partial charge is 1.00 e.